The number of pyridine rings is 1. The average molecular weight is 472 g/mol. The Morgan fingerprint density at radius 2 is 1.85 bits per heavy atom. The number of hydrogen-bond acceptors (Lipinski definition) is 6. The summed E-state index contributed by atoms with van der Waals surface area (Å²) in [5.41, 5.74) is 4.19. The van der Waals surface area contributed by atoms with Gasteiger partial charge in [-0.3, -0.25) is 14.3 Å². The van der Waals surface area contributed by atoms with Crippen LogP contribution in [-0.2, 0) is 11.8 Å². The third-order valence-electron chi connectivity index (χ3n) is 6.75. The second-order valence-electron chi connectivity index (χ2n) is 9.29. The van der Waals surface area contributed by atoms with Crippen LogP contribution < -0.4 is 4.74 Å². The second kappa shape index (κ2) is 7.92. The number of benzene rings is 1. The molecule has 34 heavy (non-hydrogen) atoms. The molecule has 8 heteroatoms. The molecule has 0 bridgehead atoms. The Hall–Kier alpha value is -3.23. The van der Waals surface area contributed by atoms with E-state index < -0.39 is 0 Å². The molecule has 0 amide bonds. The zero-order chi connectivity index (χ0) is 22.6. The molecule has 5 heterocycles. The SMILES string of the molecule is Cn1cc2cc(-c3cc4nccc(Oc5cn(C6CC6)nc5C5CCOCC5)c4s3)ccc2n1. The predicted molar refractivity (Wildman–Crippen MR) is 133 cm³/mol. The molecule has 7 rings (SSSR count). The molecule has 2 aliphatic rings. The zero-order valence-electron chi connectivity index (χ0n) is 19.0. The van der Waals surface area contributed by atoms with Crippen molar-refractivity contribution in [3.05, 3.63) is 54.6 Å². The molecule has 1 aromatic carbocycles. The van der Waals surface area contributed by atoms with Crippen molar-refractivity contribution in [3.8, 4) is 21.9 Å². The summed E-state index contributed by atoms with van der Waals surface area (Å²) in [6.07, 6.45) is 10.4. The fourth-order valence-corrected chi connectivity index (χ4v) is 5.87. The highest BCUT2D eigenvalue weighted by molar-refractivity contribution is 7.22. The van der Waals surface area contributed by atoms with Gasteiger partial charge in [0, 0.05) is 54.9 Å². The molecule has 0 atom stereocenters. The van der Waals surface area contributed by atoms with E-state index in [9.17, 15) is 0 Å². The third-order valence-corrected chi connectivity index (χ3v) is 7.94. The second-order valence-corrected chi connectivity index (χ2v) is 10.3. The van der Waals surface area contributed by atoms with Gasteiger partial charge in [0.1, 0.15) is 11.4 Å². The van der Waals surface area contributed by atoms with Crippen LogP contribution in [0, 0.1) is 0 Å². The van der Waals surface area contributed by atoms with Crippen molar-refractivity contribution < 1.29 is 9.47 Å². The maximum Gasteiger partial charge on any atom is 0.168 e. The van der Waals surface area contributed by atoms with Gasteiger partial charge in [-0.2, -0.15) is 10.2 Å². The molecular weight excluding hydrogens is 446 g/mol. The Balaban J connectivity index is 1.26. The van der Waals surface area contributed by atoms with Crippen LogP contribution in [-0.4, -0.2) is 37.8 Å². The molecule has 2 fully saturated rings. The van der Waals surface area contributed by atoms with E-state index in [-0.39, 0.29) is 0 Å². The van der Waals surface area contributed by atoms with Crippen LogP contribution in [0.1, 0.15) is 43.3 Å². The molecule has 0 N–H and O–H groups in total. The summed E-state index contributed by atoms with van der Waals surface area (Å²) in [6, 6.07) is 11.0. The van der Waals surface area contributed by atoms with Crippen LogP contribution in [0.25, 0.3) is 31.6 Å². The van der Waals surface area contributed by atoms with Crippen molar-refractivity contribution in [2.75, 3.05) is 13.2 Å². The lowest BCUT2D eigenvalue weighted by atomic mass is 9.96. The van der Waals surface area contributed by atoms with Gasteiger partial charge in [-0.1, -0.05) is 6.07 Å². The van der Waals surface area contributed by atoms with Gasteiger partial charge in [0.2, 0.25) is 0 Å². The van der Waals surface area contributed by atoms with Gasteiger partial charge in [-0.25, -0.2) is 0 Å². The molecular formula is C26H25N5O2S. The van der Waals surface area contributed by atoms with Crippen molar-refractivity contribution in [3.63, 3.8) is 0 Å². The van der Waals surface area contributed by atoms with Crippen LogP contribution in [0.5, 0.6) is 11.5 Å². The molecule has 0 radical (unpaired) electrons. The molecule has 0 unspecified atom stereocenters. The van der Waals surface area contributed by atoms with E-state index >= 15 is 0 Å². The van der Waals surface area contributed by atoms with Crippen molar-refractivity contribution in [1.82, 2.24) is 24.5 Å². The largest absolute Gasteiger partial charge is 0.452 e. The Kier molecular flexibility index (Phi) is 4.70. The number of fused-ring (bicyclic) bond motifs is 2. The van der Waals surface area contributed by atoms with Gasteiger partial charge in [-0.05, 0) is 49.4 Å². The first-order chi connectivity index (χ1) is 16.7. The van der Waals surface area contributed by atoms with E-state index in [1.807, 2.05) is 30.2 Å². The van der Waals surface area contributed by atoms with Gasteiger partial charge in [0.25, 0.3) is 0 Å². The van der Waals surface area contributed by atoms with Gasteiger partial charge < -0.3 is 9.47 Å². The summed E-state index contributed by atoms with van der Waals surface area (Å²) in [5, 5.41) is 10.6. The summed E-state index contributed by atoms with van der Waals surface area (Å²) in [7, 11) is 1.95. The minimum Gasteiger partial charge on any atom is -0.452 e. The first-order valence-electron chi connectivity index (χ1n) is 11.9. The number of ether oxygens (including phenoxy) is 2. The van der Waals surface area contributed by atoms with Crippen molar-refractivity contribution in [2.45, 2.75) is 37.6 Å². The number of hydrogen-bond donors (Lipinski definition) is 0. The van der Waals surface area contributed by atoms with Gasteiger partial charge >= 0.3 is 0 Å². The molecule has 7 nitrogen and oxygen atoms in total. The van der Waals surface area contributed by atoms with E-state index in [0.29, 0.717) is 12.0 Å². The van der Waals surface area contributed by atoms with Crippen LogP contribution in [0.4, 0.5) is 0 Å². The van der Waals surface area contributed by atoms with E-state index in [1.165, 1.54) is 23.3 Å². The van der Waals surface area contributed by atoms with Gasteiger partial charge in [0.05, 0.1) is 28.0 Å². The maximum atomic E-state index is 6.59. The number of aryl methyl sites for hydroxylation is 1. The number of rotatable bonds is 5. The van der Waals surface area contributed by atoms with E-state index in [1.54, 1.807) is 11.3 Å². The molecule has 1 saturated carbocycles. The zero-order valence-corrected chi connectivity index (χ0v) is 19.8. The van der Waals surface area contributed by atoms with Crippen molar-refractivity contribution in [2.24, 2.45) is 7.05 Å². The van der Waals surface area contributed by atoms with Crippen molar-refractivity contribution >= 4 is 32.5 Å². The summed E-state index contributed by atoms with van der Waals surface area (Å²) >= 11 is 1.72. The molecule has 1 aliphatic heterocycles. The van der Waals surface area contributed by atoms with Crippen LogP contribution in [0.3, 0.4) is 0 Å². The van der Waals surface area contributed by atoms with Gasteiger partial charge in [0.15, 0.2) is 5.75 Å². The van der Waals surface area contributed by atoms with Crippen LogP contribution >= 0.6 is 11.3 Å². The molecule has 4 aromatic heterocycles. The Labute approximate surface area is 200 Å². The fraction of sp³-hybridized carbons (Fsp3) is 0.346. The van der Waals surface area contributed by atoms with E-state index in [2.05, 4.69) is 45.2 Å². The smallest absolute Gasteiger partial charge is 0.168 e. The predicted octanol–water partition coefficient (Wildman–Crippen LogP) is 6.07. The minimum absolute atomic E-state index is 0.381. The Morgan fingerprint density at radius 3 is 2.71 bits per heavy atom. The van der Waals surface area contributed by atoms with E-state index in [4.69, 9.17) is 14.6 Å². The standard InChI is InChI=1S/C26H25N5O2S/c1-30-14-18-12-17(2-5-20(18)28-30)24-13-21-26(34-24)22(6-9-27-21)33-23-15-31(19-3-4-19)29-25(23)16-7-10-32-11-8-16/h2,5-6,9,12-16,19H,3-4,7-8,10-11H2,1H3. The molecule has 172 valence electrons. The lowest BCUT2D eigenvalue weighted by Gasteiger charge is -2.21. The Bertz CT molecular complexity index is 1510. The highest BCUT2D eigenvalue weighted by Gasteiger charge is 2.30. The number of thiophene rings is 1. The van der Waals surface area contributed by atoms with E-state index in [0.717, 1.165) is 64.4 Å². The average Bonchev–Trinajstić information content (AvgIpc) is 3.29. The minimum atomic E-state index is 0.381. The third kappa shape index (κ3) is 3.58. The first kappa shape index (κ1) is 20.2. The number of aromatic nitrogens is 5. The fourth-order valence-electron chi connectivity index (χ4n) is 4.81. The monoisotopic (exact) mass is 471 g/mol. The lowest BCUT2D eigenvalue weighted by molar-refractivity contribution is 0.0839. The Morgan fingerprint density at radius 1 is 0.971 bits per heavy atom. The van der Waals surface area contributed by atoms with Gasteiger partial charge in [-0.15, -0.1) is 11.3 Å². The first-order valence-corrected chi connectivity index (χ1v) is 12.7. The van der Waals surface area contributed by atoms with Crippen LogP contribution in [0.2, 0.25) is 0 Å². The summed E-state index contributed by atoms with van der Waals surface area (Å²) in [4.78, 5) is 5.80. The van der Waals surface area contributed by atoms with Crippen LogP contribution in [0.15, 0.2) is 48.9 Å². The normalized spacial score (nSPS) is 17.1. The number of nitrogens with zero attached hydrogens (tertiary/aromatic N) is 5. The van der Waals surface area contributed by atoms with Crippen molar-refractivity contribution in [1.29, 1.82) is 0 Å². The lowest BCUT2D eigenvalue weighted by Crippen LogP contribution is -2.15. The maximum absolute atomic E-state index is 6.59. The summed E-state index contributed by atoms with van der Waals surface area (Å²) in [6.45, 7) is 1.57. The highest BCUT2D eigenvalue weighted by atomic mass is 32.1. The topological polar surface area (TPSA) is 67.0 Å². The summed E-state index contributed by atoms with van der Waals surface area (Å²) in [5.74, 6) is 2.09. The highest BCUT2D eigenvalue weighted by Crippen LogP contribution is 2.43. The quantitative estimate of drug-likeness (QED) is 0.311. The summed E-state index contributed by atoms with van der Waals surface area (Å²) < 4.78 is 17.2. The molecule has 1 saturated heterocycles. The molecule has 5 aromatic rings. The molecule has 0 spiro atoms. The molecule has 1 aliphatic carbocycles.